The van der Waals surface area contributed by atoms with Gasteiger partial charge in [-0.15, -0.1) is 0 Å². The summed E-state index contributed by atoms with van der Waals surface area (Å²) < 4.78 is 30.4. The van der Waals surface area contributed by atoms with Crippen molar-refractivity contribution in [1.29, 1.82) is 0 Å². The van der Waals surface area contributed by atoms with Crippen LogP contribution in [0, 0.1) is 0 Å². The first kappa shape index (κ1) is 13.3. The van der Waals surface area contributed by atoms with Crippen molar-refractivity contribution in [3.63, 3.8) is 0 Å². The summed E-state index contributed by atoms with van der Waals surface area (Å²) in [6, 6.07) is 3.11. The fourth-order valence-electron chi connectivity index (χ4n) is 1.70. The molecule has 7 heteroatoms. The molecule has 6 nitrogen and oxygen atoms in total. The Bertz CT molecular complexity index is 493. The molecule has 0 bridgehead atoms. The van der Waals surface area contributed by atoms with Crippen LogP contribution in [0.2, 0.25) is 0 Å². The third-order valence-corrected chi connectivity index (χ3v) is 4.59. The number of aromatic nitrogens is 1. The van der Waals surface area contributed by atoms with Crippen LogP contribution in [0.5, 0.6) is 5.88 Å². The normalized spacial score (nSPS) is 20.3. The number of hydrogen-bond acceptors (Lipinski definition) is 5. The van der Waals surface area contributed by atoms with E-state index >= 15 is 0 Å². The van der Waals surface area contributed by atoms with Crippen LogP contribution < -0.4 is 10.1 Å². The highest BCUT2D eigenvalue weighted by molar-refractivity contribution is 7.89. The Balaban J connectivity index is 2.10. The first-order valence-corrected chi connectivity index (χ1v) is 7.20. The van der Waals surface area contributed by atoms with E-state index in [0.29, 0.717) is 5.88 Å². The van der Waals surface area contributed by atoms with Crippen molar-refractivity contribution in [2.75, 3.05) is 27.2 Å². The minimum Gasteiger partial charge on any atom is -0.473 e. The lowest BCUT2D eigenvalue weighted by atomic mass is 10.3. The number of sulfonamides is 1. The molecule has 100 valence electrons. The molecule has 1 aliphatic rings. The maximum Gasteiger partial charge on any atom is 0.244 e. The van der Waals surface area contributed by atoms with Crippen LogP contribution >= 0.6 is 0 Å². The lowest BCUT2D eigenvalue weighted by Gasteiger charge is -2.13. The van der Waals surface area contributed by atoms with Gasteiger partial charge in [-0.3, -0.25) is 0 Å². The third kappa shape index (κ3) is 2.80. The van der Waals surface area contributed by atoms with E-state index in [4.69, 9.17) is 4.74 Å². The summed E-state index contributed by atoms with van der Waals surface area (Å²) in [5, 5.41) is 3.19. The minimum absolute atomic E-state index is 0.119. The molecule has 2 rings (SSSR count). The highest BCUT2D eigenvalue weighted by Gasteiger charge is 2.19. The second-order valence-corrected chi connectivity index (χ2v) is 6.50. The Kier molecular flexibility index (Phi) is 3.84. The van der Waals surface area contributed by atoms with Gasteiger partial charge in [-0.1, -0.05) is 0 Å². The molecule has 0 spiro atoms. The first-order valence-electron chi connectivity index (χ1n) is 5.76. The van der Waals surface area contributed by atoms with Crippen LogP contribution in [0.25, 0.3) is 0 Å². The molecule has 0 radical (unpaired) electrons. The van der Waals surface area contributed by atoms with Crippen molar-refractivity contribution in [3.8, 4) is 5.88 Å². The maximum atomic E-state index is 11.8. The van der Waals surface area contributed by atoms with Gasteiger partial charge in [0.05, 0.1) is 6.20 Å². The second-order valence-electron chi connectivity index (χ2n) is 4.35. The van der Waals surface area contributed by atoms with E-state index in [1.54, 1.807) is 6.07 Å². The van der Waals surface area contributed by atoms with E-state index in [1.807, 2.05) is 0 Å². The second kappa shape index (κ2) is 5.21. The average molecular weight is 271 g/mol. The van der Waals surface area contributed by atoms with Crippen molar-refractivity contribution in [3.05, 3.63) is 18.3 Å². The van der Waals surface area contributed by atoms with Gasteiger partial charge in [0.1, 0.15) is 11.0 Å². The highest BCUT2D eigenvalue weighted by atomic mass is 32.2. The van der Waals surface area contributed by atoms with Crippen LogP contribution in [-0.2, 0) is 10.0 Å². The first-order chi connectivity index (χ1) is 8.50. The van der Waals surface area contributed by atoms with Gasteiger partial charge in [0.25, 0.3) is 0 Å². The van der Waals surface area contributed by atoms with Crippen molar-refractivity contribution in [1.82, 2.24) is 14.6 Å². The van der Waals surface area contributed by atoms with Gasteiger partial charge in [-0.25, -0.2) is 17.7 Å². The molecule has 18 heavy (non-hydrogen) atoms. The molecule has 1 unspecified atom stereocenters. The smallest absolute Gasteiger partial charge is 0.244 e. The number of rotatable bonds is 4. The fraction of sp³-hybridized carbons (Fsp3) is 0.545. The summed E-state index contributed by atoms with van der Waals surface area (Å²) in [4.78, 5) is 4.21. The molecule has 0 aromatic carbocycles. The Labute approximate surface area is 107 Å². The standard InChI is InChI=1S/C11H17N3O3S/c1-14(2)18(15,16)10-3-4-11(13-8-10)17-9-5-6-12-7-9/h3-4,8-9,12H,5-7H2,1-2H3. The van der Waals surface area contributed by atoms with Crippen LogP contribution in [-0.4, -0.2) is 51.0 Å². The van der Waals surface area contributed by atoms with Crippen molar-refractivity contribution >= 4 is 10.0 Å². The van der Waals surface area contributed by atoms with E-state index in [9.17, 15) is 8.42 Å². The Morgan fingerprint density at radius 1 is 1.44 bits per heavy atom. The number of pyridine rings is 1. The molecule has 1 aromatic heterocycles. The van der Waals surface area contributed by atoms with Gasteiger partial charge in [0, 0.05) is 26.7 Å². The molecule has 2 heterocycles. The summed E-state index contributed by atoms with van der Waals surface area (Å²) in [5.74, 6) is 0.460. The van der Waals surface area contributed by atoms with Gasteiger partial charge < -0.3 is 10.1 Å². The number of nitrogens with zero attached hydrogens (tertiary/aromatic N) is 2. The molecular formula is C11H17N3O3S. The van der Waals surface area contributed by atoms with Crippen molar-refractivity contribution < 1.29 is 13.2 Å². The summed E-state index contributed by atoms with van der Waals surface area (Å²) in [5.41, 5.74) is 0. The van der Waals surface area contributed by atoms with E-state index in [2.05, 4.69) is 10.3 Å². The molecule has 0 aliphatic carbocycles. The molecule has 1 fully saturated rings. The lowest BCUT2D eigenvalue weighted by molar-refractivity contribution is 0.214. The number of hydrogen-bond donors (Lipinski definition) is 1. The zero-order chi connectivity index (χ0) is 13.2. The molecule has 1 N–H and O–H groups in total. The van der Waals surface area contributed by atoms with Gasteiger partial charge in [-0.2, -0.15) is 0 Å². The Hall–Kier alpha value is -1.18. The Morgan fingerprint density at radius 2 is 2.22 bits per heavy atom. The molecule has 1 aromatic rings. The predicted molar refractivity (Wildman–Crippen MR) is 67.0 cm³/mol. The third-order valence-electron chi connectivity index (χ3n) is 2.79. The SMILES string of the molecule is CN(C)S(=O)(=O)c1ccc(OC2CCNC2)nc1. The predicted octanol–water partition coefficient (Wildman–Crippen LogP) is 0.0726. The van der Waals surface area contributed by atoms with Gasteiger partial charge in [-0.05, 0) is 19.0 Å². The highest BCUT2D eigenvalue weighted by Crippen LogP contribution is 2.17. The van der Waals surface area contributed by atoms with Crippen molar-refractivity contribution in [2.24, 2.45) is 0 Å². The largest absolute Gasteiger partial charge is 0.473 e. The number of nitrogens with one attached hydrogen (secondary N) is 1. The van der Waals surface area contributed by atoms with E-state index in [1.165, 1.54) is 26.4 Å². The van der Waals surface area contributed by atoms with Crippen LogP contribution in [0.3, 0.4) is 0 Å². The summed E-state index contributed by atoms with van der Waals surface area (Å²) in [6.07, 6.45) is 2.39. The van der Waals surface area contributed by atoms with Crippen LogP contribution in [0.15, 0.2) is 23.2 Å². The zero-order valence-corrected chi connectivity index (χ0v) is 11.3. The monoisotopic (exact) mass is 271 g/mol. The summed E-state index contributed by atoms with van der Waals surface area (Å²) in [6.45, 7) is 1.75. The quantitative estimate of drug-likeness (QED) is 0.839. The molecule has 1 atom stereocenters. The summed E-state index contributed by atoms with van der Waals surface area (Å²) in [7, 11) is -0.438. The van der Waals surface area contributed by atoms with Crippen molar-refractivity contribution in [2.45, 2.75) is 17.4 Å². The Morgan fingerprint density at radius 3 is 2.72 bits per heavy atom. The lowest BCUT2D eigenvalue weighted by Crippen LogP contribution is -2.23. The number of ether oxygens (including phenoxy) is 1. The molecule has 0 saturated carbocycles. The average Bonchev–Trinajstić information content (AvgIpc) is 2.82. The minimum atomic E-state index is -3.42. The summed E-state index contributed by atoms with van der Waals surface area (Å²) >= 11 is 0. The van der Waals surface area contributed by atoms with E-state index in [0.717, 1.165) is 23.8 Å². The van der Waals surface area contributed by atoms with Crippen LogP contribution in [0.4, 0.5) is 0 Å². The maximum absolute atomic E-state index is 11.8. The van der Waals surface area contributed by atoms with E-state index < -0.39 is 10.0 Å². The zero-order valence-electron chi connectivity index (χ0n) is 10.5. The van der Waals surface area contributed by atoms with Gasteiger partial charge in [0.2, 0.25) is 15.9 Å². The van der Waals surface area contributed by atoms with Gasteiger partial charge in [0.15, 0.2) is 0 Å². The van der Waals surface area contributed by atoms with Crippen LogP contribution in [0.1, 0.15) is 6.42 Å². The van der Waals surface area contributed by atoms with Gasteiger partial charge >= 0.3 is 0 Å². The van der Waals surface area contributed by atoms with E-state index in [-0.39, 0.29) is 11.0 Å². The fourth-order valence-corrected chi connectivity index (χ4v) is 2.55. The molecular weight excluding hydrogens is 254 g/mol. The molecule has 1 saturated heterocycles. The molecule has 1 aliphatic heterocycles. The molecule has 0 amide bonds. The topological polar surface area (TPSA) is 71.5 Å².